The van der Waals surface area contributed by atoms with Gasteiger partial charge in [0.2, 0.25) is 6.23 Å². The number of benzene rings is 1. The Labute approximate surface area is 219 Å². The summed E-state index contributed by atoms with van der Waals surface area (Å²) in [6, 6.07) is 0.437. The summed E-state index contributed by atoms with van der Waals surface area (Å²) in [6.45, 7) is 6.47. The van der Waals surface area contributed by atoms with Crippen LogP contribution in [0, 0.1) is 6.92 Å². The summed E-state index contributed by atoms with van der Waals surface area (Å²) in [5.74, 6) is -1.86. The van der Waals surface area contributed by atoms with Crippen molar-refractivity contribution in [3.05, 3.63) is 40.4 Å². The molecule has 2 N–H and O–H groups in total. The fourth-order valence-corrected chi connectivity index (χ4v) is 4.51. The molecule has 204 valence electrons. The first-order valence-corrected chi connectivity index (χ1v) is 11.8. The number of ether oxygens (including phenoxy) is 3. The monoisotopic (exact) mass is 556 g/mol. The Morgan fingerprint density at radius 1 is 1.26 bits per heavy atom. The minimum atomic E-state index is -5.29. The molecule has 1 aliphatic heterocycles. The molecule has 1 fully saturated rings. The molecule has 3 heterocycles. The predicted molar refractivity (Wildman–Crippen MR) is 129 cm³/mol. The highest BCUT2D eigenvalue weighted by molar-refractivity contribution is 6.31. The van der Waals surface area contributed by atoms with Gasteiger partial charge in [0.05, 0.1) is 19.5 Å². The van der Waals surface area contributed by atoms with Gasteiger partial charge in [-0.05, 0) is 39.3 Å². The van der Waals surface area contributed by atoms with E-state index >= 15 is 0 Å². The lowest BCUT2D eigenvalue weighted by Gasteiger charge is -2.30. The number of cyclic esters (lactones) is 1. The first-order chi connectivity index (χ1) is 17.8. The van der Waals surface area contributed by atoms with Crippen LogP contribution >= 0.6 is 11.6 Å². The number of hydrogen-bond acceptors (Lipinski definition) is 9. The summed E-state index contributed by atoms with van der Waals surface area (Å²) in [5, 5.41) is 3.43. The molecule has 1 saturated heterocycles. The third-order valence-electron chi connectivity index (χ3n) is 6.07. The van der Waals surface area contributed by atoms with Gasteiger partial charge in [0.25, 0.3) is 0 Å². The maximum atomic E-state index is 13.1. The number of fused-ring (bicyclic) bond motifs is 1. The second kappa shape index (κ2) is 10.2. The number of nitrogens with one attached hydrogen (secondary N) is 2. The number of aromatic nitrogens is 4. The van der Waals surface area contributed by atoms with Gasteiger partial charge in [-0.25, -0.2) is 24.5 Å². The molecule has 0 aliphatic carbocycles. The number of carbonyl (C=O) groups is 2. The van der Waals surface area contributed by atoms with Crippen LogP contribution in [0.5, 0.6) is 5.75 Å². The molecule has 3 atom stereocenters. The number of aromatic amines is 1. The molecule has 4 rings (SSSR count). The molecule has 0 spiro atoms. The molecule has 3 unspecified atom stereocenters. The first-order valence-electron chi connectivity index (χ1n) is 11.4. The van der Waals surface area contributed by atoms with Gasteiger partial charge in [-0.3, -0.25) is 4.90 Å². The summed E-state index contributed by atoms with van der Waals surface area (Å²) >= 11 is 6.55. The summed E-state index contributed by atoms with van der Waals surface area (Å²) in [5.41, 5.74) is 1.99. The van der Waals surface area contributed by atoms with Crippen molar-refractivity contribution >= 4 is 40.6 Å². The highest BCUT2D eigenvalue weighted by Crippen LogP contribution is 2.46. The van der Waals surface area contributed by atoms with E-state index in [0.717, 1.165) is 4.90 Å². The number of methoxy groups -OCH3 is 1. The topological polar surface area (TPSA) is 132 Å². The second-order valence-corrected chi connectivity index (χ2v) is 9.22. The van der Waals surface area contributed by atoms with E-state index in [-0.39, 0.29) is 16.3 Å². The summed E-state index contributed by atoms with van der Waals surface area (Å²) in [6.07, 6.45) is -6.64. The van der Waals surface area contributed by atoms with Gasteiger partial charge in [0, 0.05) is 22.2 Å². The first kappa shape index (κ1) is 27.2. The van der Waals surface area contributed by atoms with E-state index in [1.807, 2.05) is 0 Å². The average molecular weight is 557 g/mol. The molecule has 0 radical (unpaired) electrons. The van der Waals surface area contributed by atoms with Crippen molar-refractivity contribution in [2.75, 3.05) is 12.4 Å². The molecule has 2 aromatic heterocycles. The van der Waals surface area contributed by atoms with Crippen LogP contribution in [0.15, 0.2) is 18.7 Å². The van der Waals surface area contributed by atoms with Crippen molar-refractivity contribution in [3.8, 4) is 5.75 Å². The van der Waals surface area contributed by atoms with Crippen molar-refractivity contribution < 1.29 is 37.0 Å². The van der Waals surface area contributed by atoms with E-state index in [0.29, 0.717) is 28.1 Å². The standard InChI is InChI=1S/C23H24ClF3N6O5/c1-9(2)33-20(38-21(34)23(25,26)27)17(37-22(33)35)14-10(3)13(24)6-12(16(14)36-5)11(4)32-19-15-18(29-7-28-15)30-8-31-19/h6-9,11,17,20H,1-5H3,(H2,28,29,30,31,32). The average Bonchev–Trinajstić information content (AvgIpc) is 3.44. The number of rotatable bonds is 7. The molecule has 38 heavy (non-hydrogen) atoms. The predicted octanol–water partition coefficient (Wildman–Crippen LogP) is 4.83. The molecular weight excluding hydrogens is 533 g/mol. The van der Waals surface area contributed by atoms with E-state index in [1.165, 1.54) is 19.8 Å². The van der Waals surface area contributed by atoms with Gasteiger partial charge in [-0.1, -0.05) is 11.6 Å². The quantitative estimate of drug-likeness (QED) is 0.393. The number of nitrogens with zero attached hydrogens (tertiary/aromatic N) is 4. The number of amides is 1. The van der Waals surface area contributed by atoms with Gasteiger partial charge in [-0.2, -0.15) is 13.2 Å². The Kier molecular flexibility index (Phi) is 7.28. The van der Waals surface area contributed by atoms with Crippen LogP contribution in [-0.4, -0.2) is 62.5 Å². The van der Waals surface area contributed by atoms with Gasteiger partial charge in [-0.15, -0.1) is 0 Å². The summed E-state index contributed by atoms with van der Waals surface area (Å²) in [4.78, 5) is 40.8. The zero-order valence-corrected chi connectivity index (χ0v) is 21.6. The highest BCUT2D eigenvalue weighted by Gasteiger charge is 2.52. The van der Waals surface area contributed by atoms with Crippen molar-refractivity contribution in [1.82, 2.24) is 24.8 Å². The third-order valence-corrected chi connectivity index (χ3v) is 6.46. The van der Waals surface area contributed by atoms with E-state index in [9.17, 15) is 22.8 Å². The molecule has 15 heteroatoms. The SMILES string of the molecule is COc1c(C(C)Nc2ncnc3nc[nH]c23)cc(Cl)c(C)c1C1OC(=O)N(C(C)C)C1OC(=O)C(F)(F)F. The molecule has 11 nitrogen and oxygen atoms in total. The number of hydrogen-bond donors (Lipinski definition) is 2. The van der Waals surface area contributed by atoms with Crippen LogP contribution in [0.4, 0.5) is 23.8 Å². The minimum absolute atomic E-state index is 0.162. The van der Waals surface area contributed by atoms with Gasteiger partial charge < -0.3 is 24.5 Å². The Hall–Kier alpha value is -3.81. The van der Waals surface area contributed by atoms with Crippen LogP contribution in [0.25, 0.3) is 11.2 Å². The molecule has 1 amide bonds. The maximum Gasteiger partial charge on any atom is 0.491 e. The minimum Gasteiger partial charge on any atom is -0.496 e. The fraction of sp³-hybridized carbons (Fsp3) is 0.435. The smallest absolute Gasteiger partial charge is 0.491 e. The van der Waals surface area contributed by atoms with Gasteiger partial charge in [0.15, 0.2) is 17.6 Å². The van der Waals surface area contributed by atoms with Crippen LogP contribution < -0.4 is 10.1 Å². The maximum absolute atomic E-state index is 13.1. The normalized spacial score (nSPS) is 18.6. The van der Waals surface area contributed by atoms with Crippen LogP contribution in [0.3, 0.4) is 0 Å². The lowest BCUT2D eigenvalue weighted by atomic mass is 9.94. The van der Waals surface area contributed by atoms with Crippen LogP contribution in [0.2, 0.25) is 5.02 Å². The zero-order chi connectivity index (χ0) is 27.9. The number of alkyl halides is 3. The zero-order valence-electron chi connectivity index (χ0n) is 20.9. The number of halogens is 4. The van der Waals surface area contributed by atoms with Crippen LogP contribution in [0.1, 0.15) is 49.6 Å². The Morgan fingerprint density at radius 3 is 2.61 bits per heavy atom. The molecule has 0 saturated carbocycles. The molecule has 3 aromatic rings. The number of H-pyrrole nitrogens is 1. The Bertz CT molecular complexity index is 1380. The molecular formula is C23H24ClF3N6O5. The molecule has 1 aliphatic rings. The molecule has 0 bridgehead atoms. The van der Waals surface area contributed by atoms with Crippen molar-refractivity contribution in [2.45, 2.75) is 58.3 Å². The lowest BCUT2D eigenvalue weighted by molar-refractivity contribution is -0.213. The van der Waals surface area contributed by atoms with Crippen molar-refractivity contribution in [2.24, 2.45) is 0 Å². The number of carbonyl (C=O) groups excluding carboxylic acids is 2. The Morgan fingerprint density at radius 2 is 1.97 bits per heavy atom. The van der Waals surface area contributed by atoms with E-state index in [2.05, 4.69) is 25.3 Å². The number of anilines is 1. The van der Waals surface area contributed by atoms with E-state index in [4.69, 9.17) is 25.8 Å². The third kappa shape index (κ3) is 4.87. The number of esters is 1. The van der Waals surface area contributed by atoms with Gasteiger partial charge in [0.1, 0.15) is 17.6 Å². The van der Waals surface area contributed by atoms with E-state index in [1.54, 1.807) is 33.8 Å². The largest absolute Gasteiger partial charge is 0.496 e. The molecule has 1 aromatic carbocycles. The summed E-state index contributed by atoms with van der Waals surface area (Å²) < 4.78 is 55.3. The second-order valence-electron chi connectivity index (χ2n) is 8.81. The van der Waals surface area contributed by atoms with Gasteiger partial charge >= 0.3 is 18.2 Å². The Balaban J connectivity index is 1.80. The van der Waals surface area contributed by atoms with Crippen molar-refractivity contribution in [3.63, 3.8) is 0 Å². The highest BCUT2D eigenvalue weighted by atomic mass is 35.5. The van der Waals surface area contributed by atoms with Crippen LogP contribution in [-0.2, 0) is 14.3 Å². The van der Waals surface area contributed by atoms with Crippen molar-refractivity contribution in [1.29, 1.82) is 0 Å². The lowest BCUT2D eigenvalue weighted by Crippen LogP contribution is -2.44. The fourth-order valence-electron chi connectivity index (χ4n) is 4.29. The number of imidazole rings is 1. The van der Waals surface area contributed by atoms with E-state index < -0.39 is 42.7 Å². The summed E-state index contributed by atoms with van der Waals surface area (Å²) in [7, 11) is 1.36.